The molecule has 0 bridgehead atoms. The van der Waals surface area contributed by atoms with Crippen LogP contribution in [0.1, 0.15) is 19.4 Å². The van der Waals surface area contributed by atoms with Gasteiger partial charge in [-0.05, 0) is 5.56 Å². The van der Waals surface area contributed by atoms with Crippen LogP contribution < -0.4 is 0 Å². The summed E-state index contributed by atoms with van der Waals surface area (Å²) in [5.41, 5.74) is 0.840. The molecule has 0 aromatic heterocycles. The number of hydrogen-bond donors (Lipinski definition) is 2. The average Bonchev–Trinajstić information content (AvgIpc) is 2.57. The SMILES string of the molecule is CC(=O)O[C@H]1O[C@H](CO)[C@@H](O)[C@H](OCc2ccccc2)[C@H]1OC(C)=O. The van der Waals surface area contributed by atoms with Crippen LogP contribution in [-0.2, 0) is 35.1 Å². The van der Waals surface area contributed by atoms with Gasteiger partial charge in [-0.1, -0.05) is 30.3 Å². The molecule has 138 valence electrons. The van der Waals surface area contributed by atoms with Gasteiger partial charge in [0.05, 0.1) is 13.2 Å². The number of carbonyl (C=O) groups is 2. The first-order valence-electron chi connectivity index (χ1n) is 7.86. The van der Waals surface area contributed by atoms with Crippen molar-refractivity contribution in [1.29, 1.82) is 0 Å². The molecule has 1 fully saturated rings. The summed E-state index contributed by atoms with van der Waals surface area (Å²) in [6, 6.07) is 9.19. The lowest BCUT2D eigenvalue weighted by Crippen LogP contribution is -2.61. The van der Waals surface area contributed by atoms with Crippen LogP contribution >= 0.6 is 0 Å². The average molecular weight is 354 g/mol. The topological polar surface area (TPSA) is 112 Å². The minimum atomic E-state index is -1.29. The van der Waals surface area contributed by atoms with Crippen molar-refractivity contribution in [3.8, 4) is 0 Å². The van der Waals surface area contributed by atoms with Crippen LogP contribution in [0.25, 0.3) is 0 Å². The van der Waals surface area contributed by atoms with Crippen LogP contribution in [0.2, 0.25) is 0 Å². The molecule has 8 heteroatoms. The fraction of sp³-hybridized carbons (Fsp3) is 0.529. The van der Waals surface area contributed by atoms with Gasteiger partial charge in [-0.15, -0.1) is 0 Å². The van der Waals surface area contributed by atoms with Crippen molar-refractivity contribution in [2.45, 2.75) is 51.2 Å². The largest absolute Gasteiger partial charge is 0.453 e. The first-order chi connectivity index (χ1) is 11.9. The van der Waals surface area contributed by atoms with Gasteiger partial charge in [-0.25, -0.2) is 0 Å². The third kappa shape index (κ3) is 5.23. The van der Waals surface area contributed by atoms with E-state index in [-0.39, 0.29) is 6.61 Å². The molecule has 25 heavy (non-hydrogen) atoms. The molecular formula is C17H22O8. The summed E-state index contributed by atoms with van der Waals surface area (Å²) in [5.74, 6) is -1.30. The maximum atomic E-state index is 11.4. The van der Waals surface area contributed by atoms with E-state index in [0.717, 1.165) is 5.56 Å². The lowest BCUT2D eigenvalue weighted by atomic mass is 9.98. The van der Waals surface area contributed by atoms with Gasteiger partial charge < -0.3 is 29.2 Å². The molecule has 0 amide bonds. The molecule has 1 aromatic rings. The van der Waals surface area contributed by atoms with E-state index in [0.29, 0.717) is 0 Å². The van der Waals surface area contributed by atoms with Crippen LogP contribution in [0, 0.1) is 0 Å². The zero-order valence-corrected chi connectivity index (χ0v) is 14.0. The minimum Gasteiger partial charge on any atom is -0.453 e. The van der Waals surface area contributed by atoms with Gasteiger partial charge in [0, 0.05) is 13.8 Å². The fourth-order valence-corrected chi connectivity index (χ4v) is 2.57. The summed E-state index contributed by atoms with van der Waals surface area (Å²) < 4.78 is 21.3. The molecule has 0 unspecified atom stereocenters. The minimum absolute atomic E-state index is 0.130. The van der Waals surface area contributed by atoms with Crippen molar-refractivity contribution in [3.05, 3.63) is 35.9 Å². The predicted molar refractivity (Wildman–Crippen MR) is 84.1 cm³/mol. The molecule has 0 aliphatic carbocycles. The third-order valence-corrected chi connectivity index (χ3v) is 3.67. The van der Waals surface area contributed by atoms with Crippen LogP contribution in [0.4, 0.5) is 0 Å². The van der Waals surface area contributed by atoms with E-state index in [1.54, 1.807) is 0 Å². The molecule has 0 spiro atoms. The van der Waals surface area contributed by atoms with E-state index in [4.69, 9.17) is 18.9 Å². The molecule has 2 rings (SSSR count). The number of benzene rings is 1. The Balaban J connectivity index is 2.20. The second-order valence-electron chi connectivity index (χ2n) is 5.66. The number of hydrogen-bond acceptors (Lipinski definition) is 8. The monoisotopic (exact) mass is 354 g/mol. The summed E-state index contributed by atoms with van der Waals surface area (Å²) in [5, 5.41) is 19.8. The highest BCUT2D eigenvalue weighted by Gasteiger charge is 2.49. The van der Waals surface area contributed by atoms with Gasteiger partial charge in [-0.3, -0.25) is 9.59 Å². The smallest absolute Gasteiger partial charge is 0.305 e. The summed E-state index contributed by atoms with van der Waals surface area (Å²) in [6.07, 6.45) is -5.81. The van der Waals surface area contributed by atoms with Crippen molar-refractivity contribution in [1.82, 2.24) is 0 Å². The second-order valence-corrected chi connectivity index (χ2v) is 5.66. The lowest BCUT2D eigenvalue weighted by molar-refractivity contribution is -0.303. The van der Waals surface area contributed by atoms with Gasteiger partial charge in [0.2, 0.25) is 6.29 Å². The molecule has 5 atom stereocenters. The Bertz CT molecular complexity index is 575. The van der Waals surface area contributed by atoms with Gasteiger partial charge in [0.25, 0.3) is 0 Å². The maximum Gasteiger partial charge on any atom is 0.305 e. The number of aliphatic hydroxyl groups is 2. The molecule has 1 aliphatic rings. The quantitative estimate of drug-likeness (QED) is 0.694. The van der Waals surface area contributed by atoms with Crippen molar-refractivity contribution >= 4 is 11.9 Å². The standard InChI is InChI=1S/C17H22O8/c1-10(19)23-16-15(22-9-12-6-4-3-5-7-12)14(21)13(8-18)25-17(16)24-11(2)20/h3-7,13-18,21H,8-9H2,1-2H3/t13-,14-,15+,16-,17+/m1/s1. The Morgan fingerprint density at radius 1 is 1.08 bits per heavy atom. The van der Waals surface area contributed by atoms with Crippen LogP contribution in [0.5, 0.6) is 0 Å². The van der Waals surface area contributed by atoms with E-state index in [9.17, 15) is 19.8 Å². The Kier molecular flexibility index (Phi) is 6.89. The lowest BCUT2D eigenvalue weighted by Gasteiger charge is -2.42. The molecule has 8 nitrogen and oxygen atoms in total. The molecular weight excluding hydrogens is 332 g/mol. The molecule has 2 N–H and O–H groups in total. The molecule has 0 radical (unpaired) electrons. The van der Waals surface area contributed by atoms with E-state index >= 15 is 0 Å². The van der Waals surface area contributed by atoms with Gasteiger partial charge in [0.1, 0.15) is 18.3 Å². The molecule has 0 saturated carbocycles. The molecule has 1 heterocycles. The molecule has 1 saturated heterocycles. The summed E-state index contributed by atoms with van der Waals surface area (Å²) in [6.45, 7) is 1.97. The normalized spacial score (nSPS) is 29.0. The second kappa shape index (κ2) is 8.91. The Labute approximate surface area is 145 Å². The third-order valence-electron chi connectivity index (χ3n) is 3.67. The number of ether oxygens (including phenoxy) is 4. The van der Waals surface area contributed by atoms with Crippen LogP contribution in [0.15, 0.2) is 30.3 Å². The van der Waals surface area contributed by atoms with Gasteiger partial charge in [-0.2, -0.15) is 0 Å². The van der Waals surface area contributed by atoms with Gasteiger partial charge >= 0.3 is 11.9 Å². The fourth-order valence-electron chi connectivity index (χ4n) is 2.57. The van der Waals surface area contributed by atoms with Crippen molar-refractivity contribution < 1.29 is 38.7 Å². The Morgan fingerprint density at radius 3 is 2.28 bits per heavy atom. The number of carbonyl (C=O) groups excluding carboxylic acids is 2. The number of esters is 2. The van der Waals surface area contributed by atoms with Gasteiger partial charge in [0.15, 0.2) is 6.10 Å². The van der Waals surface area contributed by atoms with E-state index in [1.165, 1.54) is 13.8 Å². The zero-order valence-electron chi connectivity index (χ0n) is 14.0. The van der Waals surface area contributed by atoms with Crippen molar-refractivity contribution in [2.24, 2.45) is 0 Å². The molecule has 1 aliphatic heterocycles. The van der Waals surface area contributed by atoms with Crippen LogP contribution in [-0.4, -0.2) is 59.5 Å². The number of rotatable bonds is 6. The highest BCUT2D eigenvalue weighted by atomic mass is 16.7. The highest BCUT2D eigenvalue weighted by Crippen LogP contribution is 2.27. The Morgan fingerprint density at radius 2 is 1.72 bits per heavy atom. The predicted octanol–water partition coefficient (Wildman–Crippen LogP) is 0.145. The highest BCUT2D eigenvalue weighted by molar-refractivity contribution is 5.67. The number of aliphatic hydroxyl groups excluding tert-OH is 2. The van der Waals surface area contributed by atoms with E-state index in [1.807, 2.05) is 30.3 Å². The molecule has 1 aromatic carbocycles. The van der Waals surface area contributed by atoms with Crippen LogP contribution in [0.3, 0.4) is 0 Å². The van der Waals surface area contributed by atoms with Crippen molar-refractivity contribution in [3.63, 3.8) is 0 Å². The zero-order chi connectivity index (χ0) is 18.4. The summed E-state index contributed by atoms with van der Waals surface area (Å²) in [7, 11) is 0. The van der Waals surface area contributed by atoms with E-state index < -0.39 is 49.3 Å². The Hall–Kier alpha value is -2.00. The summed E-state index contributed by atoms with van der Waals surface area (Å²) in [4.78, 5) is 22.7. The first-order valence-corrected chi connectivity index (χ1v) is 7.86. The van der Waals surface area contributed by atoms with E-state index in [2.05, 4.69) is 0 Å². The summed E-state index contributed by atoms with van der Waals surface area (Å²) >= 11 is 0. The first kappa shape index (κ1) is 19.3. The maximum absolute atomic E-state index is 11.4. The van der Waals surface area contributed by atoms with Crippen molar-refractivity contribution in [2.75, 3.05) is 6.61 Å².